The van der Waals surface area contributed by atoms with Gasteiger partial charge in [0, 0.05) is 40.6 Å². The number of fused-ring (bicyclic) bond motifs is 2. The standard InChI is InChI=1S/C26H27F2N3O4/c1-13-7-16(5-6-17(13)27)31-18-8-14-10-29-30-23(14)22(28)21(18)20(24(31)26(2,3)12-34-4)15-9-19(25(32)33)35-11-15/h5-8,10,15,19H,9,11-12H2,1-4H3,(H,29,30)(H,32,33)/t15-,19?/m1/s1. The summed E-state index contributed by atoms with van der Waals surface area (Å²) in [4.78, 5) is 11.7. The Morgan fingerprint density at radius 2 is 2.11 bits per heavy atom. The van der Waals surface area contributed by atoms with Crippen molar-refractivity contribution in [3.05, 3.63) is 58.9 Å². The maximum absolute atomic E-state index is 16.2. The largest absolute Gasteiger partial charge is 0.479 e. The number of aliphatic carboxylic acids is 1. The zero-order chi connectivity index (χ0) is 25.1. The van der Waals surface area contributed by atoms with Gasteiger partial charge >= 0.3 is 5.97 Å². The van der Waals surface area contributed by atoms with Crippen LogP contribution in [0.4, 0.5) is 8.78 Å². The lowest BCUT2D eigenvalue weighted by atomic mass is 9.82. The predicted octanol–water partition coefficient (Wildman–Crippen LogP) is 4.97. The van der Waals surface area contributed by atoms with E-state index >= 15 is 4.39 Å². The van der Waals surface area contributed by atoms with Crippen molar-refractivity contribution in [2.45, 2.75) is 44.6 Å². The van der Waals surface area contributed by atoms with Crippen molar-refractivity contribution < 1.29 is 28.2 Å². The highest BCUT2D eigenvalue weighted by Crippen LogP contribution is 2.46. The maximum atomic E-state index is 16.2. The van der Waals surface area contributed by atoms with Crippen LogP contribution in [0.2, 0.25) is 0 Å². The zero-order valence-electron chi connectivity index (χ0n) is 20.0. The van der Waals surface area contributed by atoms with E-state index in [2.05, 4.69) is 10.2 Å². The molecule has 5 rings (SSSR count). The maximum Gasteiger partial charge on any atom is 0.332 e. The Morgan fingerprint density at radius 1 is 1.34 bits per heavy atom. The number of carboxylic acids is 1. The SMILES string of the molecule is COCC(C)(C)c1c([C@H]2COC(C(=O)O)C2)c2c(F)c3[nH]ncc3cc2n1-c1ccc(F)c(C)c1. The summed E-state index contributed by atoms with van der Waals surface area (Å²) in [6.07, 6.45) is 0.806. The fourth-order valence-electron chi connectivity index (χ4n) is 5.36. The summed E-state index contributed by atoms with van der Waals surface area (Å²) in [6, 6.07) is 6.65. The Kier molecular flexibility index (Phi) is 5.64. The van der Waals surface area contributed by atoms with Crippen LogP contribution in [0.15, 0.2) is 30.5 Å². The molecule has 2 aromatic heterocycles. The molecule has 0 saturated carbocycles. The summed E-state index contributed by atoms with van der Waals surface area (Å²) >= 11 is 0. The van der Waals surface area contributed by atoms with Crippen LogP contribution in [0, 0.1) is 18.6 Å². The molecule has 7 nitrogen and oxygen atoms in total. The van der Waals surface area contributed by atoms with Crippen LogP contribution < -0.4 is 0 Å². The number of ether oxygens (including phenoxy) is 2. The summed E-state index contributed by atoms with van der Waals surface area (Å²) in [5.74, 6) is -2.20. The second-order valence-electron chi connectivity index (χ2n) is 9.86. The molecule has 2 atom stereocenters. The molecule has 0 spiro atoms. The number of aromatic amines is 1. The number of carbonyl (C=O) groups is 1. The summed E-state index contributed by atoms with van der Waals surface area (Å²) < 4.78 is 43.5. The van der Waals surface area contributed by atoms with Gasteiger partial charge in [0.05, 0.1) is 24.9 Å². The molecule has 0 radical (unpaired) electrons. The Labute approximate surface area is 200 Å². The smallest absolute Gasteiger partial charge is 0.332 e. The molecule has 3 heterocycles. The van der Waals surface area contributed by atoms with Crippen molar-refractivity contribution >= 4 is 27.8 Å². The van der Waals surface area contributed by atoms with Crippen molar-refractivity contribution in [1.82, 2.24) is 14.8 Å². The van der Waals surface area contributed by atoms with Gasteiger partial charge in [0.25, 0.3) is 0 Å². The van der Waals surface area contributed by atoms with Gasteiger partial charge in [-0.2, -0.15) is 5.10 Å². The van der Waals surface area contributed by atoms with Gasteiger partial charge in [-0.25, -0.2) is 13.6 Å². The van der Waals surface area contributed by atoms with Crippen LogP contribution in [0.5, 0.6) is 0 Å². The molecule has 4 aromatic rings. The molecule has 1 aliphatic rings. The van der Waals surface area contributed by atoms with E-state index in [1.807, 2.05) is 24.5 Å². The summed E-state index contributed by atoms with van der Waals surface area (Å²) in [5, 5.41) is 17.3. The van der Waals surface area contributed by atoms with Crippen LogP contribution in [-0.2, 0) is 19.7 Å². The van der Waals surface area contributed by atoms with Crippen molar-refractivity contribution in [3.8, 4) is 5.69 Å². The van der Waals surface area contributed by atoms with E-state index in [-0.39, 0.29) is 30.3 Å². The van der Waals surface area contributed by atoms with Gasteiger partial charge in [0.2, 0.25) is 0 Å². The molecular formula is C26H27F2N3O4. The van der Waals surface area contributed by atoms with E-state index < -0.39 is 23.3 Å². The fraction of sp³-hybridized carbons (Fsp3) is 0.385. The van der Waals surface area contributed by atoms with E-state index in [9.17, 15) is 14.3 Å². The Morgan fingerprint density at radius 3 is 2.77 bits per heavy atom. The third kappa shape index (κ3) is 3.70. The first-order valence-corrected chi connectivity index (χ1v) is 11.4. The van der Waals surface area contributed by atoms with Gasteiger partial charge in [-0.3, -0.25) is 5.10 Å². The van der Waals surface area contributed by atoms with Crippen LogP contribution >= 0.6 is 0 Å². The Bertz CT molecular complexity index is 1460. The molecule has 2 N–H and O–H groups in total. The number of rotatable bonds is 6. The van der Waals surface area contributed by atoms with Crippen LogP contribution in [0.3, 0.4) is 0 Å². The average molecular weight is 484 g/mol. The lowest BCUT2D eigenvalue weighted by Crippen LogP contribution is -2.29. The molecule has 0 bridgehead atoms. The minimum atomic E-state index is -1.04. The number of carboxylic acid groups (broad SMARTS) is 1. The molecule has 1 saturated heterocycles. The first-order valence-electron chi connectivity index (χ1n) is 11.4. The number of aryl methyl sites for hydroxylation is 1. The lowest BCUT2D eigenvalue weighted by molar-refractivity contribution is -0.147. The highest BCUT2D eigenvalue weighted by molar-refractivity contribution is 6.00. The number of hydrogen-bond acceptors (Lipinski definition) is 4. The van der Waals surface area contributed by atoms with Gasteiger partial charge in [-0.05, 0) is 48.7 Å². The monoisotopic (exact) mass is 483 g/mol. The minimum absolute atomic E-state index is 0.148. The second-order valence-corrected chi connectivity index (χ2v) is 9.86. The van der Waals surface area contributed by atoms with Gasteiger partial charge in [0.15, 0.2) is 11.9 Å². The molecule has 1 fully saturated rings. The summed E-state index contributed by atoms with van der Waals surface area (Å²) in [6.45, 7) is 6.15. The van der Waals surface area contributed by atoms with Crippen LogP contribution in [0.1, 0.15) is 43.0 Å². The van der Waals surface area contributed by atoms with E-state index in [4.69, 9.17) is 9.47 Å². The second kappa shape index (κ2) is 8.42. The number of benzene rings is 2. The third-order valence-electron chi connectivity index (χ3n) is 6.87. The zero-order valence-corrected chi connectivity index (χ0v) is 20.0. The van der Waals surface area contributed by atoms with Crippen LogP contribution in [0.25, 0.3) is 27.5 Å². The quantitative estimate of drug-likeness (QED) is 0.404. The number of H-pyrrole nitrogens is 1. The molecule has 9 heteroatoms. The van der Waals surface area contributed by atoms with Crippen molar-refractivity contribution in [2.75, 3.05) is 20.3 Å². The number of methoxy groups -OCH3 is 1. The number of nitrogens with one attached hydrogen (secondary N) is 1. The fourth-order valence-corrected chi connectivity index (χ4v) is 5.36. The first kappa shape index (κ1) is 23.4. The van der Waals surface area contributed by atoms with E-state index in [0.29, 0.717) is 39.7 Å². The summed E-state index contributed by atoms with van der Waals surface area (Å²) in [7, 11) is 1.60. The molecule has 1 unspecified atom stereocenters. The summed E-state index contributed by atoms with van der Waals surface area (Å²) in [5.41, 5.74) is 2.86. The van der Waals surface area contributed by atoms with E-state index in [1.54, 1.807) is 32.4 Å². The number of aromatic nitrogens is 3. The molecule has 35 heavy (non-hydrogen) atoms. The average Bonchev–Trinajstić information content (AvgIpc) is 3.52. The van der Waals surface area contributed by atoms with Gasteiger partial charge < -0.3 is 19.1 Å². The van der Waals surface area contributed by atoms with Crippen LogP contribution in [-0.4, -0.2) is 52.3 Å². The molecule has 2 aromatic carbocycles. The van der Waals surface area contributed by atoms with Crippen molar-refractivity contribution in [1.29, 1.82) is 0 Å². The van der Waals surface area contributed by atoms with Crippen molar-refractivity contribution in [2.24, 2.45) is 0 Å². The normalized spacial score (nSPS) is 18.7. The van der Waals surface area contributed by atoms with Gasteiger partial charge in [0.1, 0.15) is 11.3 Å². The molecule has 0 aliphatic carbocycles. The molecule has 1 aliphatic heterocycles. The first-order chi connectivity index (χ1) is 16.6. The number of halogens is 2. The predicted molar refractivity (Wildman–Crippen MR) is 127 cm³/mol. The number of hydrogen-bond donors (Lipinski definition) is 2. The van der Waals surface area contributed by atoms with Gasteiger partial charge in [-0.1, -0.05) is 13.8 Å². The topological polar surface area (TPSA) is 89.4 Å². The van der Waals surface area contributed by atoms with Crippen molar-refractivity contribution in [3.63, 3.8) is 0 Å². The molecule has 0 amide bonds. The highest BCUT2D eigenvalue weighted by atomic mass is 19.1. The molecule has 184 valence electrons. The third-order valence-corrected chi connectivity index (χ3v) is 6.87. The lowest BCUT2D eigenvalue weighted by Gasteiger charge is -2.29. The minimum Gasteiger partial charge on any atom is -0.479 e. The van der Waals surface area contributed by atoms with E-state index in [0.717, 1.165) is 5.69 Å². The highest BCUT2D eigenvalue weighted by Gasteiger charge is 2.40. The molecular weight excluding hydrogens is 456 g/mol. The Hall–Kier alpha value is -3.30. The number of nitrogens with zero attached hydrogens (tertiary/aromatic N) is 2. The van der Waals surface area contributed by atoms with Gasteiger partial charge in [-0.15, -0.1) is 0 Å². The van der Waals surface area contributed by atoms with E-state index in [1.165, 1.54) is 6.07 Å². The Balaban J connectivity index is 1.92.